The largest absolute Gasteiger partial charge is 0.481 e. The number of hydrogen-bond acceptors (Lipinski definition) is 4. The van der Waals surface area contributed by atoms with Crippen LogP contribution in [0.5, 0.6) is 0 Å². The Morgan fingerprint density at radius 1 is 1.47 bits per heavy atom. The topological polar surface area (TPSA) is 76.0 Å². The van der Waals surface area contributed by atoms with Crippen molar-refractivity contribution in [1.82, 2.24) is 0 Å². The molecule has 0 heterocycles. The number of rotatable bonds is 4. The SMILES string of the molecule is O=C(O)CC1C=CC=CC1=NOC(=O)C(Cl)Cl. The van der Waals surface area contributed by atoms with Crippen LogP contribution in [0.2, 0.25) is 0 Å². The van der Waals surface area contributed by atoms with Crippen LogP contribution in [0.4, 0.5) is 0 Å². The zero-order valence-corrected chi connectivity index (χ0v) is 10.1. The molecule has 1 N–H and O–H groups in total. The average Bonchev–Trinajstić information content (AvgIpc) is 2.26. The summed E-state index contributed by atoms with van der Waals surface area (Å²) in [5, 5.41) is 12.2. The molecule has 1 unspecified atom stereocenters. The van der Waals surface area contributed by atoms with Gasteiger partial charge in [-0.2, -0.15) is 0 Å². The molecule has 0 radical (unpaired) electrons. The van der Waals surface area contributed by atoms with E-state index < -0.39 is 22.7 Å². The van der Waals surface area contributed by atoms with Gasteiger partial charge in [-0.25, -0.2) is 4.79 Å². The lowest BCUT2D eigenvalue weighted by molar-refractivity contribution is -0.141. The zero-order chi connectivity index (χ0) is 12.8. The smallest absolute Gasteiger partial charge is 0.367 e. The molecule has 0 spiro atoms. The summed E-state index contributed by atoms with van der Waals surface area (Å²) in [6, 6.07) is 0. The fraction of sp³-hybridized carbons (Fsp3) is 0.300. The van der Waals surface area contributed by atoms with Crippen molar-refractivity contribution in [3.05, 3.63) is 24.3 Å². The molecule has 0 saturated heterocycles. The van der Waals surface area contributed by atoms with Gasteiger partial charge < -0.3 is 9.94 Å². The van der Waals surface area contributed by atoms with Gasteiger partial charge in [0, 0.05) is 5.92 Å². The van der Waals surface area contributed by atoms with Gasteiger partial charge in [-0.15, -0.1) is 0 Å². The molecule has 0 aromatic heterocycles. The van der Waals surface area contributed by atoms with Crippen molar-refractivity contribution in [3.8, 4) is 0 Å². The number of aliphatic carboxylic acids is 1. The first kappa shape index (κ1) is 13.7. The number of carboxylic acids is 1. The van der Waals surface area contributed by atoms with Gasteiger partial charge in [0.05, 0.1) is 12.1 Å². The van der Waals surface area contributed by atoms with E-state index in [0.717, 1.165) is 0 Å². The third kappa shape index (κ3) is 4.58. The molecule has 5 nitrogen and oxygen atoms in total. The molecule has 7 heteroatoms. The first-order valence-corrected chi connectivity index (χ1v) is 5.51. The third-order valence-corrected chi connectivity index (χ3v) is 2.27. The maximum atomic E-state index is 11.0. The Balaban J connectivity index is 2.69. The summed E-state index contributed by atoms with van der Waals surface area (Å²) < 4.78 is 0. The number of carbonyl (C=O) groups is 2. The van der Waals surface area contributed by atoms with E-state index in [2.05, 4.69) is 9.99 Å². The Labute approximate surface area is 107 Å². The number of halogens is 2. The van der Waals surface area contributed by atoms with Crippen molar-refractivity contribution in [2.75, 3.05) is 0 Å². The second-order valence-corrected chi connectivity index (χ2v) is 4.27. The van der Waals surface area contributed by atoms with E-state index in [0.29, 0.717) is 5.71 Å². The van der Waals surface area contributed by atoms with Gasteiger partial charge in [0.15, 0.2) is 0 Å². The summed E-state index contributed by atoms with van der Waals surface area (Å²) in [5.41, 5.74) is 0.331. The molecule has 92 valence electrons. The van der Waals surface area contributed by atoms with Crippen molar-refractivity contribution in [3.63, 3.8) is 0 Å². The van der Waals surface area contributed by atoms with Crippen LogP contribution in [-0.2, 0) is 14.4 Å². The highest BCUT2D eigenvalue weighted by atomic mass is 35.5. The second-order valence-electron chi connectivity index (χ2n) is 3.18. The molecule has 0 saturated carbocycles. The van der Waals surface area contributed by atoms with Crippen LogP contribution in [0.15, 0.2) is 29.5 Å². The van der Waals surface area contributed by atoms with Crippen molar-refractivity contribution >= 4 is 40.9 Å². The predicted octanol–water partition coefficient (Wildman–Crippen LogP) is 1.91. The van der Waals surface area contributed by atoms with Crippen LogP contribution in [0, 0.1) is 5.92 Å². The lowest BCUT2D eigenvalue weighted by Gasteiger charge is -2.12. The van der Waals surface area contributed by atoms with Crippen LogP contribution >= 0.6 is 23.2 Å². The number of nitrogens with zero attached hydrogens (tertiary/aromatic N) is 1. The van der Waals surface area contributed by atoms with Gasteiger partial charge >= 0.3 is 11.9 Å². The van der Waals surface area contributed by atoms with Crippen molar-refractivity contribution < 1.29 is 19.5 Å². The Morgan fingerprint density at radius 2 is 2.18 bits per heavy atom. The molecule has 0 aliphatic heterocycles. The summed E-state index contributed by atoms with van der Waals surface area (Å²) in [5.74, 6) is -2.31. The predicted molar refractivity (Wildman–Crippen MR) is 63.0 cm³/mol. The first-order valence-electron chi connectivity index (χ1n) is 4.64. The number of oxime groups is 1. The summed E-state index contributed by atoms with van der Waals surface area (Å²) in [6.07, 6.45) is 6.42. The lowest BCUT2D eigenvalue weighted by Crippen LogP contribution is -2.18. The highest BCUT2D eigenvalue weighted by Crippen LogP contribution is 2.14. The van der Waals surface area contributed by atoms with Crippen LogP contribution in [0.1, 0.15) is 6.42 Å². The quantitative estimate of drug-likeness (QED) is 0.484. The van der Waals surface area contributed by atoms with E-state index in [-0.39, 0.29) is 6.42 Å². The van der Waals surface area contributed by atoms with Crippen LogP contribution in [-0.4, -0.2) is 27.6 Å². The lowest BCUT2D eigenvalue weighted by atomic mass is 9.95. The number of hydrogen-bond donors (Lipinski definition) is 1. The number of carbonyl (C=O) groups excluding carboxylic acids is 1. The van der Waals surface area contributed by atoms with Crippen LogP contribution in [0.3, 0.4) is 0 Å². The molecule has 1 aliphatic carbocycles. The van der Waals surface area contributed by atoms with Gasteiger partial charge in [0.1, 0.15) is 0 Å². The summed E-state index contributed by atoms with van der Waals surface area (Å²) in [7, 11) is 0. The van der Waals surface area contributed by atoms with Crippen molar-refractivity contribution in [2.45, 2.75) is 11.3 Å². The highest BCUT2D eigenvalue weighted by molar-refractivity contribution is 6.52. The van der Waals surface area contributed by atoms with E-state index in [1.807, 2.05) is 0 Å². The van der Waals surface area contributed by atoms with Crippen LogP contribution in [0.25, 0.3) is 0 Å². The Morgan fingerprint density at radius 3 is 2.76 bits per heavy atom. The third-order valence-electron chi connectivity index (χ3n) is 1.92. The van der Waals surface area contributed by atoms with Gasteiger partial charge in [-0.05, 0) is 6.08 Å². The molecule has 0 bridgehead atoms. The molecule has 1 rings (SSSR count). The van der Waals surface area contributed by atoms with E-state index in [4.69, 9.17) is 28.3 Å². The van der Waals surface area contributed by atoms with E-state index in [1.54, 1.807) is 24.3 Å². The van der Waals surface area contributed by atoms with E-state index in [9.17, 15) is 9.59 Å². The minimum Gasteiger partial charge on any atom is -0.481 e. The monoisotopic (exact) mass is 277 g/mol. The maximum absolute atomic E-state index is 11.0. The highest BCUT2D eigenvalue weighted by Gasteiger charge is 2.19. The Hall–Kier alpha value is -1.33. The number of allylic oxidation sites excluding steroid dienone is 4. The molecule has 0 aromatic rings. The van der Waals surface area contributed by atoms with Gasteiger partial charge in [-0.1, -0.05) is 46.6 Å². The fourth-order valence-electron chi connectivity index (χ4n) is 1.17. The van der Waals surface area contributed by atoms with Gasteiger partial charge in [0.2, 0.25) is 4.84 Å². The Kier molecular flexibility index (Phi) is 5.18. The molecule has 1 aliphatic rings. The van der Waals surface area contributed by atoms with Gasteiger partial charge in [-0.3, -0.25) is 4.79 Å². The normalized spacial score (nSPS) is 20.9. The first-order chi connectivity index (χ1) is 8.00. The van der Waals surface area contributed by atoms with Crippen LogP contribution < -0.4 is 0 Å². The standard InChI is InChI=1S/C10H9Cl2NO4/c11-9(12)10(16)17-13-7-4-2-1-3-6(7)5-8(14)15/h1-4,6,9H,5H2,(H,14,15). The van der Waals surface area contributed by atoms with E-state index in [1.165, 1.54) is 0 Å². The van der Waals surface area contributed by atoms with Gasteiger partial charge in [0.25, 0.3) is 0 Å². The molecule has 0 aromatic carbocycles. The molecular weight excluding hydrogens is 269 g/mol. The fourth-order valence-corrected chi connectivity index (χ4v) is 1.25. The maximum Gasteiger partial charge on any atom is 0.367 e. The molecule has 0 amide bonds. The van der Waals surface area contributed by atoms with Crippen molar-refractivity contribution in [2.24, 2.45) is 11.1 Å². The molecular formula is C10H9Cl2NO4. The summed E-state index contributed by atoms with van der Waals surface area (Å²) >= 11 is 10.5. The minimum atomic E-state index is -1.32. The Bertz CT molecular complexity index is 401. The van der Waals surface area contributed by atoms with Crippen molar-refractivity contribution in [1.29, 1.82) is 0 Å². The molecule has 1 atom stereocenters. The zero-order valence-electron chi connectivity index (χ0n) is 8.55. The summed E-state index contributed by atoms with van der Waals surface area (Å²) in [6.45, 7) is 0. The molecule has 17 heavy (non-hydrogen) atoms. The second kappa shape index (κ2) is 6.42. The molecule has 0 fully saturated rings. The minimum absolute atomic E-state index is 0.137. The average molecular weight is 278 g/mol. The summed E-state index contributed by atoms with van der Waals surface area (Å²) in [4.78, 5) is 24.7. The van der Waals surface area contributed by atoms with E-state index >= 15 is 0 Å². The number of alkyl halides is 2. The number of carboxylic acid groups (broad SMARTS) is 1.